The fraction of sp³-hybridized carbons (Fsp3) is 0.588. The van der Waals surface area contributed by atoms with Crippen LogP contribution in [0.25, 0.3) is 0 Å². The summed E-state index contributed by atoms with van der Waals surface area (Å²) >= 11 is 0. The van der Waals surface area contributed by atoms with E-state index in [0.717, 1.165) is 30.4 Å². The van der Waals surface area contributed by atoms with Crippen LogP contribution in [-0.2, 0) is 14.8 Å². The van der Waals surface area contributed by atoms with E-state index in [0.29, 0.717) is 31.1 Å². The molecule has 2 fully saturated rings. The van der Waals surface area contributed by atoms with Crippen LogP contribution in [0.15, 0.2) is 23.1 Å². The highest BCUT2D eigenvalue weighted by molar-refractivity contribution is 7.89. The average molecular weight is 336 g/mol. The number of piperazine rings is 1. The first-order valence-electron chi connectivity index (χ1n) is 8.26. The van der Waals surface area contributed by atoms with Crippen LogP contribution in [0.5, 0.6) is 0 Å². The Labute approximate surface area is 138 Å². The SMILES string of the molecule is Cc1ccc(C)c(S(=O)(=O)N2CCN(C(=O)C3CCC3)CC2)c1. The van der Waals surface area contributed by atoms with Crippen LogP contribution < -0.4 is 0 Å². The number of carbonyl (C=O) groups is 1. The van der Waals surface area contributed by atoms with Crippen LogP contribution in [0, 0.1) is 19.8 Å². The Hall–Kier alpha value is -1.40. The van der Waals surface area contributed by atoms with Crippen LogP contribution in [0.2, 0.25) is 0 Å². The molecule has 23 heavy (non-hydrogen) atoms. The van der Waals surface area contributed by atoms with Crippen molar-refractivity contribution in [2.45, 2.75) is 38.0 Å². The summed E-state index contributed by atoms with van der Waals surface area (Å²) in [6, 6.07) is 5.50. The number of sulfonamides is 1. The predicted molar refractivity (Wildman–Crippen MR) is 88.6 cm³/mol. The monoisotopic (exact) mass is 336 g/mol. The first-order chi connectivity index (χ1) is 10.9. The molecule has 5 nitrogen and oxygen atoms in total. The van der Waals surface area contributed by atoms with Crippen molar-refractivity contribution in [1.29, 1.82) is 0 Å². The topological polar surface area (TPSA) is 57.7 Å². The molecule has 1 saturated heterocycles. The molecule has 6 heteroatoms. The Morgan fingerprint density at radius 3 is 2.30 bits per heavy atom. The molecular weight excluding hydrogens is 312 g/mol. The van der Waals surface area contributed by atoms with Gasteiger partial charge >= 0.3 is 0 Å². The van der Waals surface area contributed by atoms with E-state index in [4.69, 9.17) is 0 Å². The molecule has 1 aliphatic carbocycles. The zero-order valence-electron chi connectivity index (χ0n) is 13.8. The van der Waals surface area contributed by atoms with E-state index in [1.165, 1.54) is 4.31 Å². The highest BCUT2D eigenvalue weighted by Crippen LogP contribution is 2.29. The van der Waals surface area contributed by atoms with Crippen molar-refractivity contribution in [3.05, 3.63) is 29.3 Å². The standard InChI is InChI=1S/C17H24N2O3S/c1-13-6-7-14(2)16(12-13)23(21,22)19-10-8-18(9-11-19)17(20)15-4-3-5-15/h6-7,12,15H,3-5,8-11H2,1-2H3. The van der Waals surface area contributed by atoms with E-state index in [9.17, 15) is 13.2 Å². The summed E-state index contributed by atoms with van der Waals surface area (Å²) in [6.45, 7) is 5.48. The van der Waals surface area contributed by atoms with Gasteiger partial charge in [0.1, 0.15) is 0 Å². The molecule has 0 radical (unpaired) electrons. The number of rotatable bonds is 3. The first-order valence-corrected chi connectivity index (χ1v) is 9.70. The molecule has 0 aromatic heterocycles. The maximum absolute atomic E-state index is 12.9. The summed E-state index contributed by atoms with van der Waals surface area (Å²) in [5.74, 6) is 0.386. The van der Waals surface area contributed by atoms with Gasteiger partial charge in [0.05, 0.1) is 4.90 Å². The van der Waals surface area contributed by atoms with Crippen molar-refractivity contribution < 1.29 is 13.2 Å². The smallest absolute Gasteiger partial charge is 0.243 e. The maximum Gasteiger partial charge on any atom is 0.243 e. The fourth-order valence-electron chi connectivity index (χ4n) is 3.19. The maximum atomic E-state index is 12.9. The lowest BCUT2D eigenvalue weighted by molar-refractivity contribution is -0.139. The van der Waals surface area contributed by atoms with Gasteiger partial charge in [-0.3, -0.25) is 4.79 Å². The third kappa shape index (κ3) is 3.15. The van der Waals surface area contributed by atoms with Gasteiger partial charge in [-0.25, -0.2) is 8.42 Å². The highest BCUT2D eigenvalue weighted by Gasteiger charge is 2.34. The van der Waals surface area contributed by atoms with Crippen molar-refractivity contribution in [1.82, 2.24) is 9.21 Å². The number of amides is 1. The summed E-state index contributed by atoms with van der Waals surface area (Å²) < 4.78 is 27.2. The summed E-state index contributed by atoms with van der Waals surface area (Å²) in [4.78, 5) is 14.5. The van der Waals surface area contributed by atoms with Crippen molar-refractivity contribution in [2.75, 3.05) is 26.2 Å². The van der Waals surface area contributed by atoms with Gasteiger partial charge in [-0.15, -0.1) is 0 Å². The lowest BCUT2D eigenvalue weighted by atomic mass is 9.84. The van der Waals surface area contributed by atoms with Crippen LogP contribution in [0.3, 0.4) is 0 Å². The lowest BCUT2D eigenvalue weighted by Gasteiger charge is -2.37. The number of hydrogen-bond donors (Lipinski definition) is 0. The highest BCUT2D eigenvalue weighted by atomic mass is 32.2. The molecule has 1 aromatic rings. The zero-order chi connectivity index (χ0) is 16.6. The van der Waals surface area contributed by atoms with Crippen LogP contribution in [-0.4, -0.2) is 49.7 Å². The van der Waals surface area contributed by atoms with Crippen molar-refractivity contribution in [3.8, 4) is 0 Å². The lowest BCUT2D eigenvalue weighted by Crippen LogP contribution is -2.52. The average Bonchev–Trinajstić information content (AvgIpc) is 2.48. The van der Waals surface area contributed by atoms with Gasteiger partial charge < -0.3 is 4.90 Å². The molecule has 0 bridgehead atoms. The van der Waals surface area contributed by atoms with Gasteiger partial charge in [0.2, 0.25) is 15.9 Å². The Morgan fingerprint density at radius 2 is 1.74 bits per heavy atom. The molecule has 1 aliphatic heterocycles. The number of carbonyl (C=O) groups excluding carboxylic acids is 1. The van der Waals surface area contributed by atoms with Gasteiger partial charge in [-0.2, -0.15) is 4.31 Å². The molecular formula is C17H24N2O3S. The zero-order valence-corrected chi connectivity index (χ0v) is 14.6. The fourth-order valence-corrected chi connectivity index (χ4v) is 4.92. The van der Waals surface area contributed by atoms with Gasteiger partial charge in [-0.05, 0) is 43.9 Å². The predicted octanol–water partition coefficient (Wildman–Crippen LogP) is 1.94. The molecule has 3 rings (SSSR count). The molecule has 1 aromatic carbocycles. The van der Waals surface area contributed by atoms with Crippen molar-refractivity contribution in [3.63, 3.8) is 0 Å². The molecule has 0 spiro atoms. The number of benzene rings is 1. The van der Waals surface area contributed by atoms with Crippen molar-refractivity contribution in [2.24, 2.45) is 5.92 Å². The molecule has 0 unspecified atom stereocenters. The van der Waals surface area contributed by atoms with Gasteiger partial charge in [0.25, 0.3) is 0 Å². The minimum Gasteiger partial charge on any atom is -0.340 e. The number of aryl methyl sites for hydroxylation is 2. The molecule has 0 atom stereocenters. The van der Waals surface area contributed by atoms with Gasteiger partial charge in [0, 0.05) is 32.1 Å². The molecule has 1 amide bonds. The molecule has 126 valence electrons. The second kappa shape index (κ2) is 6.24. The Bertz CT molecular complexity index is 703. The van der Waals surface area contributed by atoms with E-state index < -0.39 is 10.0 Å². The third-order valence-electron chi connectivity index (χ3n) is 4.97. The molecule has 1 heterocycles. The Balaban J connectivity index is 1.71. The van der Waals surface area contributed by atoms with E-state index in [1.807, 2.05) is 30.9 Å². The van der Waals surface area contributed by atoms with Crippen LogP contribution >= 0.6 is 0 Å². The largest absolute Gasteiger partial charge is 0.340 e. The summed E-state index contributed by atoms with van der Waals surface area (Å²) in [5, 5.41) is 0. The second-order valence-electron chi connectivity index (χ2n) is 6.63. The molecule has 0 N–H and O–H groups in total. The summed E-state index contributed by atoms with van der Waals surface area (Å²) in [5.41, 5.74) is 1.71. The van der Waals surface area contributed by atoms with E-state index >= 15 is 0 Å². The number of nitrogens with zero attached hydrogens (tertiary/aromatic N) is 2. The summed E-state index contributed by atoms with van der Waals surface area (Å²) in [7, 11) is -3.48. The first kappa shape index (κ1) is 16.5. The second-order valence-corrected chi connectivity index (χ2v) is 8.53. The summed E-state index contributed by atoms with van der Waals surface area (Å²) in [6.07, 6.45) is 3.11. The molecule has 1 saturated carbocycles. The van der Waals surface area contributed by atoms with Gasteiger partial charge in [-0.1, -0.05) is 18.6 Å². The number of hydrogen-bond acceptors (Lipinski definition) is 3. The van der Waals surface area contributed by atoms with E-state index in [-0.39, 0.29) is 11.8 Å². The Morgan fingerprint density at radius 1 is 1.09 bits per heavy atom. The Kier molecular flexibility index (Phi) is 4.47. The minimum atomic E-state index is -3.48. The van der Waals surface area contributed by atoms with Crippen LogP contribution in [0.1, 0.15) is 30.4 Å². The molecule has 2 aliphatic rings. The van der Waals surface area contributed by atoms with Gasteiger partial charge in [0.15, 0.2) is 0 Å². The quantitative estimate of drug-likeness (QED) is 0.847. The van der Waals surface area contributed by atoms with E-state index in [1.54, 1.807) is 6.07 Å². The van der Waals surface area contributed by atoms with Crippen LogP contribution in [0.4, 0.5) is 0 Å². The minimum absolute atomic E-state index is 0.178. The normalized spacial score (nSPS) is 20.3. The third-order valence-corrected chi connectivity index (χ3v) is 7.01. The van der Waals surface area contributed by atoms with E-state index in [2.05, 4.69) is 0 Å². The van der Waals surface area contributed by atoms with Crippen molar-refractivity contribution >= 4 is 15.9 Å².